The minimum atomic E-state index is -1.46. The van der Waals surface area contributed by atoms with Crippen molar-refractivity contribution < 1.29 is 28.2 Å². The summed E-state index contributed by atoms with van der Waals surface area (Å²) in [5, 5.41) is 12.1. The van der Waals surface area contributed by atoms with Crippen LogP contribution in [-0.2, 0) is 4.79 Å². The van der Waals surface area contributed by atoms with E-state index in [1.165, 1.54) is 23.6 Å². The van der Waals surface area contributed by atoms with Gasteiger partial charge in [-0.05, 0) is 24.6 Å². The number of benzene rings is 2. The summed E-state index contributed by atoms with van der Waals surface area (Å²) in [6.45, 7) is 2.12. The fourth-order valence-corrected chi connectivity index (χ4v) is 4.40. The van der Waals surface area contributed by atoms with Crippen molar-refractivity contribution in [3.8, 4) is 17.2 Å². The van der Waals surface area contributed by atoms with Gasteiger partial charge >= 0.3 is 5.97 Å². The number of carbonyl (C=O) groups excluding carboxylic acids is 1. The fraction of sp³-hybridized carbons (Fsp3) is 0.227. The number of ether oxygens (including phenoxy) is 1. The lowest BCUT2D eigenvalue weighted by Gasteiger charge is -2.29. The molecule has 1 amide bonds. The summed E-state index contributed by atoms with van der Waals surface area (Å²) in [5.74, 6) is -2.97. The Bertz CT molecular complexity index is 1380. The van der Waals surface area contributed by atoms with Crippen molar-refractivity contribution in [3.05, 3.63) is 57.9 Å². The van der Waals surface area contributed by atoms with Crippen LogP contribution >= 0.6 is 0 Å². The number of aromatic nitrogens is 1. The van der Waals surface area contributed by atoms with E-state index in [9.17, 15) is 23.9 Å². The van der Waals surface area contributed by atoms with Crippen LogP contribution < -0.4 is 20.4 Å². The Morgan fingerprint density at radius 2 is 2.03 bits per heavy atom. The second kappa shape index (κ2) is 7.04. The number of hydrogen-bond donors (Lipinski definition) is 2. The molecule has 0 bridgehead atoms. The third kappa shape index (κ3) is 2.98. The SMILES string of the molecule is CC(=O)NC1CCN(c2c(F)cc3c(=O)c(C(=O)O)cn4c3c2Oc2cc(F)ccc2-4)C1. The van der Waals surface area contributed by atoms with Crippen LogP contribution in [0.5, 0.6) is 11.5 Å². The number of carbonyl (C=O) groups is 2. The Kier molecular flexibility index (Phi) is 4.40. The van der Waals surface area contributed by atoms with Crippen LogP contribution in [0.25, 0.3) is 16.6 Å². The van der Waals surface area contributed by atoms with Crippen molar-refractivity contribution in [2.24, 2.45) is 0 Å². The van der Waals surface area contributed by atoms with E-state index in [-0.39, 0.29) is 40.0 Å². The third-order valence-corrected chi connectivity index (χ3v) is 5.71. The molecule has 1 aromatic heterocycles. The average Bonchev–Trinajstić information content (AvgIpc) is 3.16. The smallest absolute Gasteiger partial charge is 0.341 e. The zero-order chi connectivity index (χ0) is 22.7. The lowest BCUT2D eigenvalue weighted by molar-refractivity contribution is -0.119. The molecule has 0 radical (unpaired) electrons. The fourth-order valence-electron chi connectivity index (χ4n) is 4.40. The summed E-state index contributed by atoms with van der Waals surface area (Å²) >= 11 is 0. The van der Waals surface area contributed by atoms with E-state index in [4.69, 9.17) is 4.74 Å². The number of rotatable bonds is 3. The molecule has 5 rings (SSSR count). The number of hydrogen-bond acceptors (Lipinski definition) is 5. The van der Waals surface area contributed by atoms with Crippen LogP contribution in [-0.4, -0.2) is 40.7 Å². The second-order valence-corrected chi connectivity index (χ2v) is 7.83. The van der Waals surface area contributed by atoms with Gasteiger partial charge in [0, 0.05) is 38.3 Å². The lowest BCUT2D eigenvalue weighted by Crippen LogP contribution is -2.35. The maximum absolute atomic E-state index is 15.4. The van der Waals surface area contributed by atoms with Crippen LogP contribution in [0.4, 0.5) is 14.5 Å². The van der Waals surface area contributed by atoms with E-state index >= 15 is 4.39 Å². The number of fused-ring (bicyclic) bond motifs is 2. The number of pyridine rings is 1. The summed E-state index contributed by atoms with van der Waals surface area (Å²) in [7, 11) is 0. The van der Waals surface area contributed by atoms with Crippen molar-refractivity contribution in [3.63, 3.8) is 0 Å². The van der Waals surface area contributed by atoms with Gasteiger partial charge in [0.1, 0.15) is 22.6 Å². The topological polar surface area (TPSA) is 101 Å². The van der Waals surface area contributed by atoms with Gasteiger partial charge in [0.2, 0.25) is 11.3 Å². The maximum Gasteiger partial charge on any atom is 0.341 e. The van der Waals surface area contributed by atoms with Crippen molar-refractivity contribution in [2.45, 2.75) is 19.4 Å². The van der Waals surface area contributed by atoms with E-state index in [0.29, 0.717) is 25.2 Å². The predicted octanol–water partition coefficient (Wildman–Crippen LogP) is 2.79. The number of carboxylic acids is 1. The highest BCUT2D eigenvalue weighted by molar-refractivity contribution is 5.99. The standard InChI is InChI=1S/C22H17F2N3O5/c1-10(28)25-12-4-5-26(8-12)19-15(24)7-13-18-21(19)32-17-6-11(23)2-3-16(17)27(18)9-14(20(13)29)22(30)31/h2-3,6-7,9,12H,4-5,8H2,1H3,(H,25,28)(H,30,31). The first kappa shape index (κ1) is 20.0. The predicted molar refractivity (Wildman–Crippen MR) is 111 cm³/mol. The molecule has 10 heteroatoms. The summed E-state index contributed by atoms with van der Waals surface area (Å²) in [6.07, 6.45) is 1.72. The monoisotopic (exact) mass is 441 g/mol. The number of nitrogens with zero attached hydrogens (tertiary/aromatic N) is 2. The van der Waals surface area contributed by atoms with Crippen LogP contribution in [0, 0.1) is 11.6 Å². The molecule has 2 N–H and O–H groups in total. The Labute approximate surface area is 179 Å². The normalized spacial score (nSPS) is 16.6. The van der Waals surface area contributed by atoms with Crippen molar-refractivity contribution in [1.29, 1.82) is 0 Å². The summed E-state index contributed by atoms with van der Waals surface area (Å²) in [6, 6.07) is 4.50. The van der Waals surface area contributed by atoms with Crippen molar-refractivity contribution >= 4 is 28.5 Å². The maximum atomic E-state index is 15.4. The molecule has 164 valence electrons. The van der Waals surface area contributed by atoms with Gasteiger partial charge in [-0.3, -0.25) is 9.59 Å². The molecule has 2 aliphatic heterocycles. The lowest BCUT2D eigenvalue weighted by atomic mass is 10.1. The number of amides is 1. The number of carboxylic acid groups (broad SMARTS) is 1. The Hall–Kier alpha value is -3.95. The Morgan fingerprint density at radius 3 is 2.75 bits per heavy atom. The summed E-state index contributed by atoms with van der Waals surface area (Å²) in [5.41, 5.74) is -0.807. The van der Waals surface area contributed by atoms with Gasteiger partial charge in [0.05, 0.1) is 11.1 Å². The van der Waals surface area contributed by atoms with Gasteiger partial charge in [-0.15, -0.1) is 0 Å². The Morgan fingerprint density at radius 1 is 1.25 bits per heavy atom. The van der Waals surface area contributed by atoms with Crippen LogP contribution in [0.15, 0.2) is 35.3 Å². The minimum Gasteiger partial charge on any atom is -0.477 e. The van der Waals surface area contributed by atoms with E-state index in [2.05, 4.69) is 5.32 Å². The quantitative estimate of drug-likeness (QED) is 0.507. The molecule has 0 aliphatic carbocycles. The highest BCUT2D eigenvalue weighted by Gasteiger charge is 2.33. The van der Waals surface area contributed by atoms with Gasteiger partial charge in [-0.1, -0.05) is 0 Å². The van der Waals surface area contributed by atoms with Crippen LogP contribution in [0.3, 0.4) is 0 Å². The van der Waals surface area contributed by atoms with Crippen molar-refractivity contribution in [1.82, 2.24) is 9.88 Å². The van der Waals surface area contributed by atoms with Crippen LogP contribution in [0.1, 0.15) is 23.7 Å². The van der Waals surface area contributed by atoms with Gasteiger partial charge in [0.25, 0.3) is 0 Å². The highest BCUT2D eigenvalue weighted by atomic mass is 19.1. The van der Waals surface area contributed by atoms with E-state index < -0.39 is 28.6 Å². The molecule has 3 heterocycles. The van der Waals surface area contributed by atoms with Crippen molar-refractivity contribution in [2.75, 3.05) is 18.0 Å². The first-order valence-electron chi connectivity index (χ1n) is 9.89. The van der Waals surface area contributed by atoms with Gasteiger partial charge in [0.15, 0.2) is 17.3 Å². The molecule has 2 aliphatic rings. The van der Waals surface area contributed by atoms with Gasteiger partial charge < -0.3 is 24.6 Å². The molecule has 1 atom stereocenters. The second-order valence-electron chi connectivity index (χ2n) is 7.83. The average molecular weight is 441 g/mol. The highest BCUT2D eigenvalue weighted by Crippen LogP contribution is 2.47. The molecule has 2 aromatic carbocycles. The molecule has 8 nitrogen and oxygen atoms in total. The molecule has 1 saturated heterocycles. The van der Waals surface area contributed by atoms with Gasteiger partial charge in [-0.25, -0.2) is 13.6 Å². The molecule has 1 unspecified atom stereocenters. The van der Waals surface area contributed by atoms with E-state index in [0.717, 1.165) is 18.3 Å². The van der Waals surface area contributed by atoms with Crippen LogP contribution in [0.2, 0.25) is 0 Å². The zero-order valence-corrected chi connectivity index (χ0v) is 16.8. The molecule has 0 spiro atoms. The zero-order valence-electron chi connectivity index (χ0n) is 16.8. The first-order valence-corrected chi connectivity index (χ1v) is 9.89. The number of anilines is 1. The molecular weight excluding hydrogens is 424 g/mol. The molecule has 3 aromatic rings. The molecule has 0 saturated carbocycles. The number of halogens is 2. The van der Waals surface area contributed by atoms with E-state index in [1.807, 2.05) is 0 Å². The minimum absolute atomic E-state index is 0.00406. The molecular formula is C22H17F2N3O5. The summed E-state index contributed by atoms with van der Waals surface area (Å²) < 4.78 is 36.6. The molecule has 1 fully saturated rings. The van der Waals surface area contributed by atoms with Gasteiger partial charge in [-0.2, -0.15) is 0 Å². The molecule has 32 heavy (non-hydrogen) atoms. The largest absolute Gasteiger partial charge is 0.477 e. The Balaban J connectivity index is 1.78. The summed E-state index contributed by atoms with van der Waals surface area (Å²) in [4.78, 5) is 37.5. The number of nitrogens with one attached hydrogen (secondary N) is 1. The van der Waals surface area contributed by atoms with E-state index in [1.54, 1.807) is 4.90 Å². The third-order valence-electron chi connectivity index (χ3n) is 5.71. The number of aromatic carboxylic acids is 1. The first-order chi connectivity index (χ1) is 15.2.